The monoisotopic (exact) mass is 421 g/mol. The van der Waals surface area contributed by atoms with Crippen LogP contribution in [-0.2, 0) is 4.79 Å². The summed E-state index contributed by atoms with van der Waals surface area (Å²) in [6.07, 6.45) is -1.14. The van der Waals surface area contributed by atoms with E-state index in [2.05, 4.69) is 10.4 Å². The van der Waals surface area contributed by atoms with Crippen LogP contribution in [-0.4, -0.2) is 22.3 Å². The molecule has 2 aliphatic rings. The highest BCUT2D eigenvalue weighted by Gasteiger charge is 2.58. The van der Waals surface area contributed by atoms with Gasteiger partial charge in [0.2, 0.25) is 0 Å². The number of benzene rings is 3. The molecule has 1 amide bonds. The summed E-state index contributed by atoms with van der Waals surface area (Å²) in [5, 5.41) is 20.9. The fourth-order valence-corrected chi connectivity index (χ4v) is 4.27. The zero-order chi connectivity index (χ0) is 20.9. The lowest BCUT2D eigenvalue weighted by Gasteiger charge is -2.43. The van der Waals surface area contributed by atoms with Gasteiger partial charge in [-0.1, -0.05) is 48.0 Å². The molecule has 1 spiro atoms. The van der Waals surface area contributed by atoms with Crippen LogP contribution in [0.4, 0.5) is 15.8 Å². The van der Waals surface area contributed by atoms with Crippen molar-refractivity contribution in [2.24, 2.45) is 5.10 Å². The third-order valence-electron chi connectivity index (χ3n) is 5.64. The van der Waals surface area contributed by atoms with Gasteiger partial charge in [0.1, 0.15) is 11.9 Å². The molecule has 2 N–H and O–H groups in total. The third-order valence-corrected chi connectivity index (χ3v) is 5.89. The molecule has 5 nitrogen and oxygen atoms in total. The standard InChI is InChI=1S/C23H17ClFN3O2/c24-14-9-11-15(12-10-14)28-23(13-20(27-28)16-5-1-3-7-18(16)25)21(29)17-6-2-4-8-19(17)26-22(23)30/h1-12,21,29H,13H2,(H,26,30)/t21-,23-/m1/s1. The second-order valence-electron chi connectivity index (χ2n) is 7.36. The van der Waals surface area contributed by atoms with Crippen LogP contribution in [0.1, 0.15) is 23.7 Å². The fourth-order valence-electron chi connectivity index (χ4n) is 4.14. The second kappa shape index (κ2) is 6.93. The van der Waals surface area contributed by atoms with Gasteiger partial charge in [0, 0.05) is 28.3 Å². The molecule has 2 heterocycles. The quantitative estimate of drug-likeness (QED) is 0.639. The number of nitrogens with one attached hydrogen (secondary N) is 1. The Bertz CT molecular complexity index is 1180. The van der Waals surface area contributed by atoms with Crippen LogP contribution in [0.25, 0.3) is 0 Å². The van der Waals surface area contributed by atoms with E-state index in [1.165, 1.54) is 11.1 Å². The van der Waals surface area contributed by atoms with Crippen molar-refractivity contribution >= 4 is 34.6 Å². The number of hydrazone groups is 1. The number of para-hydroxylation sites is 1. The van der Waals surface area contributed by atoms with Gasteiger partial charge >= 0.3 is 0 Å². The van der Waals surface area contributed by atoms with E-state index < -0.39 is 23.4 Å². The number of aliphatic hydroxyl groups excluding tert-OH is 1. The van der Waals surface area contributed by atoms with Crippen LogP contribution in [0.5, 0.6) is 0 Å². The van der Waals surface area contributed by atoms with Gasteiger partial charge in [-0.05, 0) is 36.4 Å². The molecule has 0 bridgehead atoms. The SMILES string of the molecule is O=C1Nc2ccccc2[C@@H](O)[C@]12CC(c1ccccc1F)=NN2c1ccc(Cl)cc1. The highest BCUT2D eigenvalue weighted by atomic mass is 35.5. The molecule has 3 aromatic carbocycles. The lowest BCUT2D eigenvalue weighted by Crippen LogP contribution is -2.59. The number of nitrogens with zero attached hydrogens (tertiary/aromatic N) is 2. The summed E-state index contributed by atoms with van der Waals surface area (Å²) in [5.41, 5.74) is 0.931. The Morgan fingerprint density at radius 2 is 1.77 bits per heavy atom. The van der Waals surface area contributed by atoms with E-state index in [0.717, 1.165) is 0 Å². The normalized spacial score (nSPS) is 22.6. The molecular formula is C23H17ClFN3O2. The number of fused-ring (bicyclic) bond motifs is 1. The average Bonchev–Trinajstić information content (AvgIpc) is 3.15. The number of anilines is 2. The number of carbonyl (C=O) groups is 1. The van der Waals surface area contributed by atoms with Gasteiger partial charge in [0.15, 0.2) is 5.54 Å². The van der Waals surface area contributed by atoms with Gasteiger partial charge in [-0.2, -0.15) is 5.10 Å². The zero-order valence-corrected chi connectivity index (χ0v) is 16.5. The lowest BCUT2D eigenvalue weighted by atomic mass is 9.78. The molecule has 3 aromatic rings. The Hall–Kier alpha value is -3.22. The Morgan fingerprint density at radius 3 is 2.53 bits per heavy atom. The summed E-state index contributed by atoms with van der Waals surface area (Å²) in [5.74, 6) is -0.839. The van der Waals surface area contributed by atoms with E-state index in [4.69, 9.17) is 11.6 Å². The number of carbonyl (C=O) groups excluding carboxylic acids is 1. The highest BCUT2D eigenvalue weighted by molar-refractivity contribution is 6.30. The predicted molar refractivity (Wildman–Crippen MR) is 114 cm³/mol. The largest absolute Gasteiger partial charge is 0.385 e. The van der Waals surface area contributed by atoms with E-state index in [1.54, 1.807) is 66.7 Å². The minimum atomic E-state index is -1.46. The van der Waals surface area contributed by atoms with Crippen molar-refractivity contribution in [2.75, 3.05) is 10.3 Å². The first-order valence-electron chi connectivity index (χ1n) is 9.47. The molecule has 0 fully saturated rings. The first kappa shape index (κ1) is 18.8. The molecule has 0 saturated carbocycles. The molecule has 150 valence electrons. The minimum absolute atomic E-state index is 0.0396. The van der Waals surface area contributed by atoms with E-state index in [0.29, 0.717) is 33.2 Å². The summed E-state index contributed by atoms with van der Waals surface area (Å²) in [7, 11) is 0. The predicted octanol–water partition coefficient (Wildman–Crippen LogP) is 4.52. The Labute approximate surface area is 177 Å². The molecule has 0 unspecified atom stereocenters. The highest BCUT2D eigenvalue weighted by Crippen LogP contribution is 2.48. The minimum Gasteiger partial charge on any atom is -0.385 e. The molecule has 0 radical (unpaired) electrons. The van der Waals surface area contributed by atoms with Crippen molar-refractivity contribution in [1.29, 1.82) is 0 Å². The number of hydrogen-bond donors (Lipinski definition) is 2. The second-order valence-corrected chi connectivity index (χ2v) is 7.80. The first-order chi connectivity index (χ1) is 14.5. The van der Waals surface area contributed by atoms with Crippen molar-refractivity contribution in [3.05, 3.63) is 94.8 Å². The maximum Gasteiger partial charge on any atom is 0.255 e. The van der Waals surface area contributed by atoms with Crippen LogP contribution in [0.2, 0.25) is 5.02 Å². The molecular weight excluding hydrogens is 405 g/mol. The fraction of sp³-hybridized carbons (Fsp3) is 0.130. The molecule has 5 rings (SSSR count). The molecule has 30 heavy (non-hydrogen) atoms. The number of rotatable bonds is 2. The van der Waals surface area contributed by atoms with E-state index in [-0.39, 0.29) is 6.42 Å². The van der Waals surface area contributed by atoms with Gasteiger partial charge < -0.3 is 10.4 Å². The molecule has 0 aliphatic carbocycles. The number of aliphatic hydroxyl groups is 1. The van der Waals surface area contributed by atoms with Gasteiger partial charge in [-0.15, -0.1) is 0 Å². The Morgan fingerprint density at radius 1 is 1.07 bits per heavy atom. The molecule has 2 aliphatic heterocycles. The van der Waals surface area contributed by atoms with Crippen molar-refractivity contribution in [1.82, 2.24) is 0 Å². The van der Waals surface area contributed by atoms with E-state index in [1.807, 2.05) is 0 Å². The van der Waals surface area contributed by atoms with Crippen molar-refractivity contribution < 1.29 is 14.3 Å². The van der Waals surface area contributed by atoms with Gasteiger partial charge in [0.25, 0.3) is 5.91 Å². The van der Waals surface area contributed by atoms with Crippen molar-refractivity contribution in [3.8, 4) is 0 Å². The maximum atomic E-state index is 14.5. The van der Waals surface area contributed by atoms with Crippen LogP contribution in [0.15, 0.2) is 77.9 Å². The lowest BCUT2D eigenvalue weighted by molar-refractivity contribution is -0.125. The van der Waals surface area contributed by atoms with Crippen molar-refractivity contribution in [3.63, 3.8) is 0 Å². The van der Waals surface area contributed by atoms with Crippen LogP contribution in [0.3, 0.4) is 0 Å². The van der Waals surface area contributed by atoms with Crippen LogP contribution >= 0.6 is 11.6 Å². The molecule has 7 heteroatoms. The summed E-state index contributed by atoms with van der Waals surface area (Å²) in [6, 6.07) is 20.2. The van der Waals surface area contributed by atoms with E-state index in [9.17, 15) is 14.3 Å². The Kier molecular flexibility index (Phi) is 4.34. The molecule has 0 saturated heterocycles. The third kappa shape index (κ3) is 2.72. The molecule has 0 aromatic heterocycles. The van der Waals surface area contributed by atoms with Gasteiger partial charge in [0.05, 0.1) is 11.4 Å². The van der Waals surface area contributed by atoms with E-state index >= 15 is 0 Å². The van der Waals surface area contributed by atoms with Crippen LogP contribution < -0.4 is 10.3 Å². The number of hydrogen-bond acceptors (Lipinski definition) is 4. The summed E-state index contributed by atoms with van der Waals surface area (Å²) in [6.45, 7) is 0. The smallest absolute Gasteiger partial charge is 0.255 e. The maximum absolute atomic E-state index is 14.5. The van der Waals surface area contributed by atoms with Gasteiger partial charge in [-0.25, -0.2) is 9.40 Å². The zero-order valence-electron chi connectivity index (χ0n) is 15.7. The molecule has 2 atom stereocenters. The number of halogens is 2. The average molecular weight is 422 g/mol. The Balaban J connectivity index is 1.69. The first-order valence-corrected chi connectivity index (χ1v) is 9.85. The number of amides is 1. The van der Waals surface area contributed by atoms with Gasteiger partial charge in [-0.3, -0.25) is 4.79 Å². The van der Waals surface area contributed by atoms with Crippen molar-refractivity contribution in [2.45, 2.75) is 18.1 Å². The van der Waals surface area contributed by atoms with Crippen LogP contribution in [0, 0.1) is 5.82 Å². The summed E-state index contributed by atoms with van der Waals surface area (Å²) < 4.78 is 14.5. The summed E-state index contributed by atoms with van der Waals surface area (Å²) >= 11 is 6.03. The summed E-state index contributed by atoms with van der Waals surface area (Å²) in [4.78, 5) is 13.4. The topological polar surface area (TPSA) is 64.9 Å².